The van der Waals surface area contributed by atoms with Crippen LogP contribution in [0.5, 0.6) is 5.75 Å². The molecular weight excluding hydrogens is 320 g/mol. The number of hydrogen-bond acceptors (Lipinski definition) is 4. The van der Waals surface area contributed by atoms with Crippen LogP contribution in [0.15, 0.2) is 42.7 Å². The van der Waals surface area contributed by atoms with E-state index in [9.17, 15) is 9.59 Å². The minimum Gasteiger partial charge on any atom is -0.497 e. The smallest absolute Gasteiger partial charge is 0.337 e. The predicted molar refractivity (Wildman–Crippen MR) is 92.0 cm³/mol. The van der Waals surface area contributed by atoms with Crippen molar-refractivity contribution in [3.63, 3.8) is 0 Å². The summed E-state index contributed by atoms with van der Waals surface area (Å²) in [7, 11) is 1.63. The van der Waals surface area contributed by atoms with E-state index in [-0.39, 0.29) is 17.5 Å². The van der Waals surface area contributed by atoms with Crippen molar-refractivity contribution in [1.29, 1.82) is 0 Å². The molecule has 6 heteroatoms. The number of aromatic carboxylic acids is 1. The molecule has 6 nitrogen and oxygen atoms in total. The van der Waals surface area contributed by atoms with E-state index in [1.54, 1.807) is 7.11 Å². The molecule has 1 amide bonds. The highest BCUT2D eigenvalue weighted by atomic mass is 16.5. The monoisotopic (exact) mass is 340 g/mol. The van der Waals surface area contributed by atoms with Gasteiger partial charge in [0.15, 0.2) is 0 Å². The molecule has 1 aromatic carbocycles. The minimum atomic E-state index is -1.09. The quantitative estimate of drug-likeness (QED) is 0.905. The zero-order valence-electron chi connectivity index (χ0n) is 14.0. The van der Waals surface area contributed by atoms with E-state index in [0.717, 1.165) is 30.6 Å². The summed E-state index contributed by atoms with van der Waals surface area (Å²) in [6, 6.07) is 9.31. The zero-order valence-corrected chi connectivity index (χ0v) is 14.0. The number of aromatic nitrogens is 1. The van der Waals surface area contributed by atoms with Gasteiger partial charge in [-0.25, -0.2) is 4.79 Å². The molecule has 2 heterocycles. The Kier molecular flexibility index (Phi) is 4.97. The highest BCUT2D eigenvalue weighted by molar-refractivity contribution is 5.97. The number of rotatable bonds is 5. The molecule has 130 valence electrons. The Balaban J connectivity index is 1.77. The molecule has 0 bridgehead atoms. The van der Waals surface area contributed by atoms with Crippen molar-refractivity contribution >= 4 is 11.9 Å². The zero-order chi connectivity index (χ0) is 17.8. The van der Waals surface area contributed by atoms with Crippen molar-refractivity contribution in [2.24, 2.45) is 0 Å². The molecule has 0 saturated carbocycles. The molecule has 1 aliphatic heterocycles. The van der Waals surface area contributed by atoms with Crippen LogP contribution in [0.2, 0.25) is 0 Å². The Hall–Kier alpha value is -2.89. The maximum Gasteiger partial charge on any atom is 0.337 e. The van der Waals surface area contributed by atoms with Gasteiger partial charge in [0.2, 0.25) is 0 Å². The summed E-state index contributed by atoms with van der Waals surface area (Å²) >= 11 is 0. The summed E-state index contributed by atoms with van der Waals surface area (Å²) in [6.07, 6.45) is 5.28. The van der Waals surface area contributed by atoms with E-state index >= 15 is 0 Å². The van der Waals surface area contributed by atoms with Crippen LogP contribution in [0.3, 0.4) is 0 Å². The van der Waals surface area contributed by atoms with Gasteiger partial charge in [0, 0.05) is 25.0 Å². The van der Waals surface area contributed by atoms with Gasteiger partial charge in [-0.1, -0.05) is 12.1 Å². The maximum absolute atomic E-state index is 12.8. The summed E-state index contributed by atoms with van der Waals surface area (Å²) in [5, 5.41) is 9.08. The number of nitrogens with zero attached hydrogens (tertiary/aromatic N) is 2. The van der Waals surface area contributed by atoms with Gasteiger partial charge in [-0.3, -0.25) is 9.78 Å². The SMILES string of the molecule is COc1cccc(CC2CCCN2C(=O)c2cncc(C(=O)O)c2)c1. The van der Waals surface area contributed by atoms with E-state index in [2.05, 4.69) is 4.98 Å². The Bertz CT molecular complexity index is 790. The van der Waals surface area contributed by atoms with Gasteiger partial charge in [-0.05, 0) is 43.0 Å². The van der Waals surface area contributed by atoms with Crippen LogP contribution < -0.4 is 4.74 Å². The van der Waals surface area contributed by atoms with E-state index in [0.29, 0.717) is 12.1 Å². The van der Waals surface area contributed by atoms with Crippen molar-refractivity contribution in [3.05, 3.63) is 59.4 Å². The van der Waals surface area contributed by atoms with Gasteiger partial charge in [0.1, 0.15) is 5.75 Å². The van der Waals surface area contributed by atoms with Crippen LogP contribution in [-0.2, 0) is 6.42 Å². The highest BCUT2D eigenvalue weighted by Gasteiger charge is 2.30. The van der Waals surface area contributed by atoms with Gasteiger partial charge in [0.05, 0.1) is 18.2 Å². The second-order valence-corrected chi connectivity index (χ2v) is 6.12. The fourth-order valence-corrected chi connectivity index (χ4v) is 3.23. The molecular formula is C19H20N2O4. The van der Waals surface area contributed by atoms with Crippen molar-refractivity contribution in [2.45, 2.75) is 25.3 Å². The number of hydrogen-bond donors (Lipinski definition) is 1. The summed E-state index contributed by atoms with van der Waals surface area (Å²) in [6.45, 7) is 0.671. The molecule has 1 saturated heterocycles. The van der Waals surface area contributed by atoms with Crippen LogP contribution >= 0.6 is 0 Å². The fraction of sp³-hybridized carbons (Fsp3) is 0.316. The first-order valence-corrected chi connectivity index (χ1v) is 8.20. The van der Waals surface area contributed by atoms with Gasteiger partial charge >= 0.3 is 5.97 Å². The van der Waals surface area contributed by atoms with E-state index < -0.39 is 5.97 Å². The van der Waals surface area contributed by atoms with E-state index in [1.165, 1.54) is 18.5 Å². The Morgan fingerprint density at radius 1 is 1.28 bits per heavy atom. The standard InChI is InChI=1S/C19H20N2O4/c1-25-17-6-2-4-13(9-17)8-16-5-3-7-21(16)18(22)14-10-15(19(23)24)12-20-11-14/h2,4,6,9-12,16H,3,5,7-8H2,1H3,(H,23,24). The maximum atomic E-state index is 12.8. The number of benzene rings is 1. The average Bonchev–Trinajstić information content (AvgIpc) is 3.09. The van der Waals surface area contributed by atoms with Crippen LogP contribution in [0.4, 0.5) is 0 Å². The number of carboxylic acid groups (broad SMARTS) is 1. The highest BCUT2D eigenvalue weighted by Crippen LogP contribution is 2.25. The van der Waals surface area contributed by atoms with Crippen LogP contribution in [0, 0.1) is 0 Å². The normalized spacial score (nSPS) is 16.7. The number of methoxy groups -OCH3 is 1. The molecule has 3 rings (SSSR count). The third-order valence-corrected chi connectivity index (χ3v) is 4.48. The lowest BCUT2D eigenvalue weighted by molar-refractivity contribution is 0.0696. The van der Waals surface area contributed by atoms with Crippen molar-refractivity contribution in [2.75, 3.05) is 13.7 Å². The number of likely N-dealkylation sites (tertiary alicyclic amines) is 1. The molecule has 1 unspecified atom stereocenters. The third kappa shape index (κ3) is 3.79. The van der Waals surface area contributed by atoms with E-state index in [4.69, 9.17) is 9.84 Å². The van der Waals surface area contributed by atoms with Gasteiger partial charge < -0.3 is 14.7 Å². The lowest BCUT2D eigenvalue weighted by Gasteiger charge is -2.25. The van der Waals surface area contributed by atoms with E-state index in [1.807, 2.05) is 29.2 Å². The molecule has 1 aromatic heterocycles. The van der Waals surface area contributed by atoms with Gasteiger partial charge in [-0.2, -0.15) is 0 Å². The number of ether oxygens (including phenoxy) is 1. The lowest BCUT2D eigenvalue weighted by atomic mass is 10.0. The number of carboxylic acids is 1. The Morgan fingerprint density at radius 2 is 2.08 bits per heavy atom. The molecule has 1 fully saturated rings. The number of amides is 1. The third-order valence-electron chi connectivity index (χ3n) is 4.48. The first kappa shape index (κ1) is 17.0. The fourth-order valence-electron chi connectivity index (χ4n) is 3.23. The summed E-state index contributed by atoms with van der Waals surface area (Å²) < 4.78 is 5.25. The van der Waals surface area contributed by atoms with Crippen molar-refractivity contribution in [1.82, 2.24) is 9.88 Å². The summed E-state index contributed by atoms with van der Waals surface area (Å²) in [5.41, 5.74) is 1.45. The minimum absolute atomic E-state index is 0.0226. The molecule has 25 heavy (non-hydrogen) atoms. The molecule has 0 aliphatic carbocycles. The number of carbonyl (C=O) groups is 2. The first-order valence-electron chi connectivity index (χ1n) is 8.20. The molecule has 1 aliphatic rings. The molecule has 2 aromatic rings. The summed E-state index contributed by atoms with van der Waals surface area (Å²) in [5.74, 6) is -0.454. The molecule has 1 N–H and O–H groups in total. The van der Waals surface area contributed by atoms with Crippen LogP contribution in [0.25, 0.3) is 0 Å². The molecule has 0 spiro atoms. The second-order valence-electron chi connectivity index (χ2n) is 6.12. The largest absolute Gasteiger partial charge is 0.497 e. The Morgan fingerprint density at radius 3 is 2.84 bits per heavy atom. The second kappa shape index (κ2) is 7.34. The number of pyridine rings is 1. The van der Waals surface area contributed by atoms with Crippen LogP contribution in [-0.4, -0.2) is 46.6 Å². The predicted octanol–water partition coefficient (Wildman–Crippen LogP) is 2.64. The van der Waals surface area contributed by atoms with Crippen molar-refractivity contribution < 1.29 is 19.4 Å². The number of carbonyl (C=O) groups excluding carboxylic acids is 1. The molecule has 0 radical (unpaired) electrons. The topological polar surface area (TPSA) is 79.7 Å². The Labute approximate surface area is 146 Å². The van der Waals surface area contributed by atoms with Crippen LogP contribution in [0.1, 0.15) is 39.1 Å². The summed E-state index contributed by atoms with van der Waals surface area (Å²) in [4.78, 5) is 29.6. The van der Waals surface area contributed by atoms with Crippen molar-refractivity contribution in [3.8, 4) is 5.75 Å². The average molecular weight is 340 g/mol. The lowest BCUT2D eigenvalue weighted by Crippen LogP contribution is -2.37. The first-order chi connectivity index (χ1) is 12.1. The van der Waals surface area contributed by atoms with Gasteiger partial charge in [0.25, 0.3) is 5.91 Å². The van der Waals surface area contributed by atoms with Gasteiger partial charge in [-0.15, -0.1) is 0 Å². The molecule has 1 atom stereocenters.